The van der Waals surface area contributed by atoms with Gasteiger partial charge in [-0.15, -0.1) is 0 Å². The molecule has 1 fully saturated rings. The van der Waals surface area contributed by atoms with E-state index in [0.29, 0.717) is 24.1 Å². The van der Waals surface area contributed by atoms with Crippen LogP contribution in [0.2, 0.25) is 0 Å². The number of alkyl halides is 1. The molecule has 0 aliphatic carbocycles. The first-order valence-corrected chi connectivity index (χ1v) is 12.6. The Morgan fingerprint density at radius 3 is 2.88 bits per heavy atom. The van der Waals surface area contributed by atoms with Crippen LogP contribution in [-0.4, -0.2) is 49.6 Å². The van der Waals surface area contributed by atoms with Gasteiger partial charge in [-0.1, -0.05) is 0 Å². The number of halogens is 2. The van der Waals surface area contributed by atoms with E-state index in [2.05, 4.69) is 25.0 Å². The number of pyridine rings is 2. The summed E-state index contributed by atoms with van der Waals surface area (Å²) in [7, 11) is -3.29. The van der Waals surface area contributed by atoms with Crippen LogP contribution in [0, 0.1) is 24.1 Å². The van der Waals surface area contributed by atoms with Crippen LogP contribution in [0.25, 0.3) is 0 Å². The molecule has 0 spiro atoms. The fourth-order valence-corrected chi connectivity index (χ4v) is 7.81. The summed E-state index contributed by atoms with van der Waals surface area (Å²) in [6, 6.07) is 5.71. The summed E-state index contributed by atoms with van der Waals surface area (Å²) in [4.78, 5) is 25.2. The average Bonchev–Trinajstić information content (AvgIpc) is 2.81. The van der Waals surface area contributed by atoms with Crippen molar-refractivity contribution in [1.82, 2.24) is 14.7 Å². The third kappa shape index (κ3) is 3.74. The fraction of sp³-hybridized carbons (Fsp3) is 0.409. The van der Waals surface area contributed by atoms with Gasteiger partial charge in [0.1, 0.15) is 47.1 Å². The Morgan fingerprint density at radius 2 is 2.21 bits per heavy atom. The van der Waals surface area contributed by atoms with E-state index < -0.39 is 38.8 Å². The molecule has 180 valence electrons. The van der Waals surface area contributed by atoms with E-state index in [0.717, 1.165) is 12.5 Å². The van der Waals surface area contributed by atoms with Gasteiger partial charge in [0.2, 0.25) is 0 Å². The van der Waals surface area contributed by atoms with Crippen LogP contribution in [-0.2, 0) is 15.7 Å². The second-order valence-electron chi connectivity index (χ2n) is 8.83. The predicted molar refractivity (Wildman–Crippen MR) is 125 cm³/mol. The molecule has 0 aromatic carbocycles. The maximum absolute atomic E-state index is 15.0. The lowest BCUT2D eigenvalue weighted by atomic mass is 9.95. The Kier molecular flexibility index (Phi) is 5.95. The third-order valence-electron chi connectivity index (χ3n) is 6.55. The van der Waals surface area contributed by atoms with Gasteiger partial charge in [-0.05, 0) is 60.6 Å². The number of hydrogen-bond acceptors (Lipinski definition) is 7. The first-order chi connectivity index (χ1) is 16.1. The number of nitrogens with two attached hydrogens (primary N) is 1. The quantitative estimate of drug-likeness (QED) is 0.481. The van der Waals surface area contributed by atoms with Crippen molar-refractivity contribution in [2.24, 2.45) is 10.7 Å². The van der Waals surface area contributed by atoms with Crippen molar-refractivity contribution >= 4 is 27.7 Å². The first-order valence-electron chi connectivity index (χ1n) is 10.7. The second-order valence-corrected chi connectivity index (χ2v) is 11.9. The maximum Gasteiger partial charge on any atom is 0.275 e. The number of nitrogens with zero attached hydrogens (tertiary/aromatic N) is 4. The molecule has 2 aromatic heterocycles. The molecule has 1 amide bonds. The number of aryl methyl sites for hydroxylation is 1. The van der Waals surface area contributed by atoms with E-state index in [4.69, 9.17) is 11.0 Å². The Morgan fingerprint density at radius 1 is 1.44 bits per heavy atom. The highest BCUT2D eigenvalue weighted by Crippen LogP contribution is 2.43. The number of thiol groups is 1. The molecule has 2 atom stereocenters. The second kappa shape index (κ2) is 8.48. The SMILES string of the molecule is Cc1cc(C#N)cnc1C(=O)Nc1ccc(F)c([C@]2(CF)C[SH]3(=O)NCCC[C@@]3(C)C(N)=N2)n1. The van der Waals surface area contributed by atoms with Crippen LogP contribution in [0.15, 0.2) is 29.4 Å². The highest BCUT2D eigenvalue weighted by atomic mass is 32.3. The van der Waals surface area contributed by atoms with Crippen LogP contribution in [0.1, 0.15) is 47.1 Å². The summed E-state index contributed by atoms with van der Waals surface area (Å²) in [5.41, 5.74) is 4.74. The molecule has 1 saturated heterocycles. The van der Waals surface area contributed by atoms with Crippen LogP contribution < -0.4 is 15.8 Å². The van der Waals surface area contributed by atoms with E-state index in [1.54, 1.807) is 13.8 Å². The topological polar surface area (TPSA) is 146 Å². The highest BCUT2D eigenvalue weighted by molar-refractivity contribution is 8.03. The van der Waals surface area contributed by atoms with Gasteiger partial charge < -0.3 is 11.1 Å². The van der Waals surface area contributed by atoms with E-state index in [-0.39, 0.29) is 28.8 Å². The molecule has 0 saturated carbocycles. The number of nitriles is 1. The van der Waals surface area contributed by atoms with Gasteiger partial charge in [-0.25, -0.2) is 18.7 Å². The van der Waals surface area contributed by atoms with Crippen LogP contribution in [0.4, 0.5) is 14.6 Å². The van der Waals surface area contributed by atoms with Crippen molar-refractivity contribution in [3.05, 3.63) is 52.7 Å². The summed E-state index contributed by atoms with van der Waals surface area (Å²) in [5, 5.41) is 11.5. The largest absolute Gasteiger partial charge is 0.386 e. The summed E-state index contributed by atoms with van der Waals surface area (Å²) in [6.07, 6.45) is 2.52. The number of nitrogens with one attached hydrogen (secondary N) is 2. The van der Waals surface area contributed by atoms with Gasteiger partial charge in [0, 0.05) is 18.5 Å². The van der Waals surface area contributed by atoms with E-state index in [9.17, 15) is 17.8 Å². The minimum atomic E-state index is -3.29. The number of hydrogen-bond donors (Lipinski definition) is 4. The Hall–Kier alpha value is -3.30. The maximum atomic E-state index is 15.0. The molecule has 0 bridgehead atoms. The molecule has 0 radical (unpaired) electrons. The highest BCUT2D eigenvalue weighted by Gasteiger charge is 2.55. The number of carbonyl (C=O) groups is 1. The number of anilines is 1. The van der Waals surface area contributed by atoms with Crippen molar-refractivity contribution in [3.63, 3.8) is 0 Å². The van der Waals surface area contributed by atoms with Gasteiger partial charge >= 0.3 is 0 Å². The number of amides is 1. The van der Waals surface area contributed by atoms with Gasteiger partial charge in [0.25, 0.3) is 5.91 Å². The predicted octanol–water partition coefficient (Wildman–Crippen LogP) is 1.66. The Bertz CT molecular complexity index is 1290. The minimum absolute atomic E-state index is 0.0000191. The van der Waals surface area contributed by atoms with Crippen molar-refractivity contribution in [1.29, 1.82) is 5.26 Å². The number of carbonyl (C=O) groups excluding carboxylic acids is 1. The number of rotatable bonds is 4. The van der Waals surface area contributed by atoms with Crippen LogP contribution >= 0.6 is 0 Å². The number of aliphatic imine (C=N–C) groups is 1. The van der Waals surface area contributed by atoms with Crippen LogP contribution in [0.5, 0.6) is 0 Å². The normalized spacial score (nSPS) is 26.5. The zero-order valence-electron chi connectivity index (χ0n) is 18.7. The van der Waals surface area contributed by atoms with E-state index >= 15 is 0 Å². The molecule has 2 aliphatic rings. The Balaban J connectivity index is 1.72. The molecular formula is C22H25F2N7O2S. The fourth-order valence-electron chi connectivity index (χ4n) is 4.50. The molecule has 0 unspecified atom stereocenters. The standard InChI is InChI=1S/C22H25F2N7O2S/c1-13-8-14(9-25)10-27-17(13)19(32)30-16-5-4-15(24)18(29-16)22(11-23)12-34(33)21(2,20(26)31-22)6-3-7-28-34/h4-5,8,10,34H,3,6-7,11-12H2,1-2H3,(H2,26,31)(H,28,33)(H,29,30,32)/t21-,22-/m0/s1. The lowest BCUT2D eigenvalue weighted by molar-refractivity contribution is 0.102. The number of fused-ring (bicyclic) bond motifs is 1. The molecule has 12 heteroatoms. The summed E-state index contributed by atoms with van der Waals surface area (Å²) in [5.74, 6) is -1.84. The van der Waals surface area contributed by atoms with Crippen molar-refractivity contribution < 1.29 is 17.8 Å². The van der Waals surface area contributed by atoms with Crippen molar-refractivity contribution in [3.8, 4) is 6.07 Å². The smallest absolute Gasteiger partial charge is 0.275 e. The lowest BCUT2D eigenvalue weighted by Crippen LogP contribution is -2.67. The zero-order chi connectivity index (χ0) is 24.7. The van der Waals surface area contributed by atoms with Gasteiger partial charge in [0.15, 0.2) is 0 Å². The molecule has 34 heavy (non-hydrogen) atoms. The molecular weight excluding hydrogens is 464 g/mol. The monoisotopic (exact) mass is 489 g/mol. The molecule has 4 rings (SSSR count). The van der Waals surface area contributed by atoms with E-state index in [1.807, 2.05) is 6.07 Å². The number of aromatic nitrogens is 2. The Labute approximate surface area is 196 Å². The van der Waals surface area contributed by atoms with Gasteiger partial charge in [-0.2, -0.15) is 5.26 Å². The van der Waals surface area contributed by atoms with Gasteiger partial charge in [0.05, 0.1) is 10.3 Å². The van der Waals surface area contributed by atoms with E-state index in [1.165, 1.54) is 18.3 Å². The summed E-state index contributed by atoms with van der Waals surface area (Å²) >= 11 is 0. The van der Waals surface area contributed by atoms with Crippen molar-refractivity contribution in [2.45, 2.75) is 37.0 Å². The third-order valence-corrected chi connectivity index (χ3v) is 10.3. The minimum Gasteiger partial charge on any atom is -0.386 e. The van der Waals surface area contributed by atoms with Crippen LogP contribution in [0.3, 0.4) is 0 Å². The molecule has 4 heterocycles. The first kappa shape index (κ1) is 23.8. The number of amidine groups is 1. The molecule has 4 N–H and O–H groups in total. The average molecular weight is 490 g/mol. The summed E-state index contributed by atoms with van der Waals surface area (Å²) in [6.45, 7) is 2.66. The summed E-state index contributed by atoms with van der Waals surface area (Å²) < 4.78 is 45.5. The zero-order valence-corrected chi connectivity index (χ0v) is 19.6. The molecule has 9 nitrogen and oxygen atoms in total. The van der Waals surface area contributed by atoms with Crippen molar-refractivity contribution in [2.75, 3.05) is 24.3 Å². The molecule has 2 aliphatic heterocycles. The lowest BCUT2D eigenvalue weighted by Gasteiger charge is -2.52. The molecule has 2 aromatic rings. The van der Waals surface area contributed by atoms with Gasteiger partial charge in [-0.3, -0.25) is 18.7 Å².